The van der Waals surface area contributed by atoms with E-state index < -0.39 is 19.7 Å². The van der Waals surface area contributed by atoms with Gasteiger partial charge in [0.1, 0.15) is 12.8 Å². The lowest BCUT2D eigenvalue weighted by molar-refractivity contribution is -0.157. The molecular formula is C38H45NO6Si. The van der Waals surface area contributed by atoms with Crippen molar-refractivity contribution < 1.29 is 28.2 Å². The van der Waals surface area contributed by atoms with Gasteiger partial charge >= 0.3 is 6.09 Å². The van der Waals surface area contributed by atoms with E-state index in [1.165, 1.54) is 10.4 Å². The maximum Gasteiger partial charge on any atom is 0.412 e. The maximum atomic E-state index is 13.4. The van der Waals surface area contributed by atoms with Crippen LogP contribution < -0.4 is 10.4 Å². The van der Waals surface area contributed by atoms with Crippen LogP contribution in [-0.2, 0) is 30.0 Å². The molecule has 4 atom stereocenters. The minimum atomic E-state index is -2.73. The van der Waals surface area contributed by atoms with Gasteiger partial charge in [-0.3, -0.25) is 4.90 Å². The Hall–Kier alpha value is -3.27. The highest BCUT2D eigenvalue weighted by atomic mass is 28.4. The van der Waals surface area contributed by atoms with Gasteiger partial charge < -0.3 is 23.4 Å². The largest absolute Gasteiger partial charge is 0.444 e. The van der Waals surface area contributed by atoms with Crippen LogP contribution in [0.4, 0.5) is 4.79 Å². The highest BCUT2D eigenvalue weighted by molar-refractivity contribution is 6.99. The average molecular weight is 640 g/mol. The van der Waals surface area contributed by atoms with Gasteiger partial charge in [0.15, 0.2) is 5.79 Å². The fourth-order valence-corrected chi connectivity index (χ4v) is 12.8. The van der Waals surface area contributed by atoms with Crippen molar-refractivity contribution in [1.29, 1.82) is 0 Å². The fraction of sp³-hybridized carbons (Fsp3) is 0.447. The number of hydrogen-bond donors (Lipinski definition) is 0. The zero-order chi connectivity index (χ0) is 31.8. The topological polar surface area (TPSA) is 66.5 Å². The summed E-state index contributed by atoms with van der Waals surface area (Å²) in [5.41, 5.74) is 0.351. The number of carbonyl (C=O) groups is 1. The second kappa shape index (κ2) is 12.4. The first-order chi connectivity index (χ1) is 22.3. The van der Waals surface area contributed by atoms with Crippen LogP contribution in [0.5, 0.6) is 0 Å². The summed E-state index contributed by atoms with van der Waals surface area (Å²) in [7, 11) is -2.73. The lowest BCUT2D eigenvalue weighted by Gasteiger charge is -2.45. The summed E-state index contributed by atoms with van der Waals surface area (Å²) in [5, 5.41) is 2.38. The number of likely N-dealkylation sites (tertiary alicyclic amines) is 1. The fourth-order valence-electron chi connectivity index (χ4n) is 8.28. The van der Waals surface area contributed by atoms with Crippen molar-refractivity contribution in [2.45, 2.75) is 69.3 Å². The molecule has 7 rings (SSSR count). The van der Waals surface area contributed by atoms with Crippen LogP contribution in [0, 0.1) is 11.8 Å². The minimum absolute atomic E-state index is 0.107. The lowest BCUT2D eigenvalue weighted by atomic mass is 9.71. The van der Waals surface area contributed by atoms with E-state index in [1.54, 1.807) is 4.90 Å². The molecule has 1 aliphatic carbocycles. The average Bonchev–Trinajstić information content (AvgIpc) is 3.78. The molecule has 3 saturated heterocycles. The van der Waals surface area contributed by atoms with E-state index in [0.29, 0.717) is 39.2 Å². The predicted octanol–water partition coefficient (Wildman–Crippen LogP) is 6.03. The Morgan fingerprint density at radius 3 is 2.11 bits per heavy atom. The summed E-state index contributed by atoms with van der Waals surface area (Å²) in [6.45, 7) is 9.41. The van der Waals surface area contributed by atoms with Gasteiger partial charge in [-0.1, -0.05) is 118 Å². The standard InChI is InChI=1S/C38H45NO6Si/c1-36(2,3)46(30-15-9-5-10-16-30,31-17-11-6-12-18-31)44-24-22-37-20-21-38(42-25-26-43-38)27-33(37)32-19-23-39(34(32)45-37)35(40)41-28-29-13-7-4-8-14-29/h4-18,20-21,32-34H,19,22-28H2,1-3H3/t32-,33+,34+,37-/m1/s1. The molecule has 46 heavy (non-hydrogen) atoms. The van der Waals surface area contributed by atoms with Crippen LogP contribution in [0.15, 0.2) is 103 Å². The second-order valence-corrected chi connectivity index (χ2v) is 18.4. The third kappa shape index (κ3) is 5.54. The minimum Gasteiger partial charge on any atom is -0.444 e. The molecule has 1 spiro atoms. The summed E-state index contributed by atoms with van der Waals surface area (Å²) < 4.78 is 32.5. The molecule has 8 heteroatoms. The second-order valence-electron chi connectivity index (χ2n) is 14.1. The number of rotatable bonds is 8. The molecule has 3 fully saturated rings. The van der Waals surface area contributed by atoms with E-state index in [4.69, 9.17) is 23.4 Å². The summed E-state index contributed by atoms with van der Waals surface area (Å²) in [6.07, 6.45) is 5.71. The molecule has 1 amide bonds. The monoisotopic (exact) mass is 639 g/mol. The highest BCUT2D eigenvalue weighted by Gasteiger charge is 2.62. The number of benzene rings is 3. The van der Waals surface area contributed by atoms with Crippen LogP contribution in [0.3, 0.4) is 0 Å². The predicted molar refractivity (Wildman–Crippen MR) is 179 cm³/mol. The summed E-state index contributed by atoms with van der Waals surface area (Å²) >= 11 is 0. The number of ether oxygens (including phenoxy) is 4. The first-order valence-corrected chi connectivity index (χ1v) is 18.5. The zero-order valence-corrected chi connectivity index (χ0v) is 28.1. The first-order valence-electron chi connectivity index (χ1n) is 16.6. The van der Waals surface area contributed by atoms with Crippen molar-refractivity contribution in [3.8, 4) is 0 Å². The Bertz CT molecular complexity index is 1480. The van der Waals surface area contributed by atoms with Crippen LogP contribution in [0.2, 0.25) is 5.04 Å². The normalized spacial score (nSPS) is 26.7. The third-order valence-corrected chi connectivity index (χ3v) is 15.5. The molecule has 0 saturated carbocycles. The number of hydrogen-bond acceptors (Lipinski definition) is 6. The van der Waals surface area contributed by atoms with E-state index >= 15 is 0 Å². The van der Waals surface area contributed by atoms with Gasteiger partial charge in [0.2, 0.25) is 0 Å². The molecule has 0 unspecified atom stereocenters. The molecule has 3 aromatic carbocycles. The quantitative estimate of drug-likeness (QED) is 0.222. The third-order valence-electron chi connectivity index (χ3n) is 10.4. The van der Waals surface area contributed by atoms with E-state index in [1.807, 2.05) is 30.3 Å². The summed E-state index contributed by atoms with van der Waals surface area (Å²) in [6, 6.07) is 31.3. The Kier molecular flexibility index (Phi) is 8.44. The van der Waals surface area contributed by atoms with Gasteiger partial charge in [0, 0.05) is 37.8 Å². The Morgan fingerprint density at radius 2 is 1.50 bits per heavy atom. The molecule has 4 aliphatic rings. The molecule has 0 radical (unpaired) electrons. The van der Waals surface area contributed by atoms with Crippen molar-refractivity contribution in [2.24, 2.45) is 11.8 Å². The SMILES string of the molecule is CC(C)(C)[Si](OCC[C@]12C=CC3(C[C@H]1[C@H]1CCN(C(=O)OCc4ccccc4)[C@H]1O2)OCCO3)(c1ccccc1)c1ccccc1. The molecule has 3 aliphatic heterocycles. The van der Waals surface area contributed by atoms with Crippen LogP contribution in [0.25, 0.3) is 0 Å². The lowest BCUT2D eigenvalue weighted by Crippen LogP contribution is -2.66. The molecule has 3 aromatic rings. The van der Waals surface area contributed by atoms with E-state index in [-0.39, 0.29) is 35.8 Å². The maximum absolute atomic E-state index is 13.4. The smallest absolute Gasteiger partial charge is 0.412 e. The van der Waals surface area contributed by atoms with Crippen LogP contribution in [-0.4, -0.2) is 63.3 Å². The summed E-state index contributed by atoms with van der Waals surface area (Å²) in [4.78, 5) is 15.2. The number of carbonyl (C=O) groups excluding carboxylic acids is 1. The molecule has 0 bridgehead atoms. The van der Waals surface area contributed by atoms with Gasteiger partial charge in [-0.2, -0.15) is 0 Å². The molecule has 0 aromatic heterocycles. The first kappa shape index (κ1) is 31.3. The Labute approximate surface area is 273 Å². The summed E-state index contributed by atoms with van der Waals surface area (Å²) in [5.74, 6) is -0.478. The molecule has 3 heterocycles. The van der Waals surface area contributed by atoms with Crippen molar-refractivity contribution in [2.75, 3.05) is 26.4 Å². The van der Waals surface area contributed by atoms with Gasteiger partial charge in [-0.15, -0.1) is 0 Å². The molecule has 0 N–H and O–H groups in total. The van der Waals surface area contributed by atoms with E-state index in [9.17, 15) is 4.79 Å². The van der Waals surface area contributed by atoms with Gasteiger partial charge in [-0.25, -0.2) is 4.79 Å². The molecular weight excluding hydrogens is 595 g/mol. The number of fused-ring (bicyclic) bond motifs is 3. The van der Waals surface area contributed by atoms with Gasteiger partial charge in [-0.05, 0) is 33.5 Å². The van der Waals surface area contributed by atoms with Crippen molar-refractivity contribution in [3.63, 3.8) is 0 Å². The van der Waals surface area contributed by atoms with Crippen molar-refractivity contribution >= 4 is 24.8 Å². The van der Waals surface area contributed by atoms with Crippen LogP contribution >= 0.6 is 0 Å². The number of nitrogens with zero attached hydrogens (tertiary/aromatic N) is 1. The zero-order valence-electron chi connectivity index (χ0n) is 27.1. The Balaban J connectivity index is 1.16. The van der Waals surface area contributed by atoms with Crippen molar-refractivity contribution in [1.82, 2.24) is 4.90 Å². The van der Waals surface area contributed by atoms with Crippen molar-refractivity contribution in [3.05, 3.63) is 109 Å². The highest BCUT2D eigenvalue weighted by Crippen LogP contribution is 2.56. The molecule has 7 nitrogen and oxygen atoms in total. The van der Waals surface area contributed by atoms with E-state index in [0.717, 1.165) is 12.0 Å². The van der Waals surface area contributed by atoms with Gasteiger partial charge in [0.25, 0.3) is 8.32 Å². The Morgan fingerprint density at radius 1 is 0.891 bits per heavy atom. The van der Waals surface area contributed by atoms with E-state index in [2.05, 4.69) is 93.6 Å². The van der Waals surface area contributed by atoms with Crippen LogP contribution in [0.1, 0.15) is 45.6 Å². The molecule has 242 valence electrons. The number of amides is 1. The van der Waals surface area contributed by atoms with Gasteiger partial charge in [0.05, 0.1) is 18.8 Å².